The maximum atomic E-state index is 15.6. The second-order valence-electron chi connectivity index (χ2n) is 12.3. The lowest BCUT2D eigenvalue weighted by molar-refractivity contribution is -0.163. The summed E-state index contributed by atoms with van der Waals surface area (Å²) in [6.07, 6.45) is -1.38. The van der Waals surface area contributed by atoms with Crippen LogP contribution in [0.15, 0.2) is 84.9 Å². The Morgan fingerprint density at radius 2 is 1.22 bits per heavy atom. The van der Waals surface area contributed by atoms with Crippen molar-refractivity contribution in [3.63, 3.8) is 0 Å². The van der Waals surface area contributed by atoms with Gasteiger partial charge in [0, 0.05) is 6.42 Å². The molecule has 3 N–H and O–H groups in total. The Labute approximate surface area is 290 Å². The molecule has 268 valence electrons. The third-order valence-electron chi connectivity index (χ3n) is 7.68. The largest absolute Gasteiger partial charge is 0.489 e. The molecule has 0 fully saturated rings. The highest BCUT2D eigenvalue weighted by atomic mass is 19.3. The standard InChI is InChI=1S/C37H43F2N3O8/c1-23(2)30(42-36(47)50-22-27-14-10-7-11-15-27)33(44)40-29(32(43)37(38,39)35(46)41-31(24(3)4)34(45)48-5)20-25-16-18-28(19-17-25)49-21-26-12-8-6-9-13-26/h6-19,23-24,29-31H,20-22H2,1-5H3,(H,40,44)(H,41,46)(H,42,47)/t29?,30-,31+/m0/s1. The van der Waals surface area contributed by atoms with E-state index < -0.39 is 72.0 Å². The highest BCUT2D eigenvalue weighted by molar-refractivity contribution is 6.11. The molecule has 0 spiro atoms. The van der Waals surface area contributed by atoms with Gasteiger partial charge in [0.1, 0.15) is 31.0 Å². The van der Waals surface area contributed by atoms with E-state index in [4.69, 9.17) is 9.47 Å². The van der Waals surface area contributed by atoms with Gasteiger partial charge in [0.15, 0.2) is 0 Å². The molecule has 0 aromatic heterocycles. The summed E-state index contributed by atoms with van der Waals surface area (Å²) in [5.74, 6) is -11.3. The van der Waals surface area contributed by atoms with Crippen molar-refractivity contribution in [1.29, 1.82) is 0 Å². The van der Waals surface area contributed by atoms with E-state index in [9.17, 15) is 24.0 Å². The third kappa shape index (κ3) is 11.4. The summed E-state index contributed by atoms with van der Waals surface area (Å²) in [6, 6.07) is 19.7. The molecule has 3 aromatic carbocycles. The van der Waals surface area contributed by atoms with Gasteiger partial charge < -0.3 is 30.2 Å². The molecule has 0 saturated heterocycles. The van der Waals surface area contributed by atoms with Crippen LogP contribution >= 0.6 is 0 Å². The first-order valence-electron chi connectivity index (χ1n) is 16.1. The van der Waals surface area contributed by atoms with Gasteiger partial charge >= 0.3 is 18.0 Å². The molecule has 0 bridgehead atoms. The monoisotopic (exact) mass is 695 g/mol. The fourth-order valence-corrected chi connectivity index (χ4v) is 4.78. The Kier molecular flexibility index (Phi) is 14.4. The molecule has 13 heteroatoms. The molecule has 50 heavy (non-hydrogen) atoms. The van der Waals surface area contributed by atoms with Crippen LogP contribution < -0.4 is 20.7 Å². The van der Waals surface area contributed by atoms with Gasteiger partial charge in [-0.2, -0.15) is 8.78 Å². The van der Waals surface area contributed by atoms with Crippen LogP contribution in [-0.4, -0.2) is 60.8 Å². The quantitative estimate of drug-likeness (QED) is 0.135. The van der Waals surface area contributed by atoms with Crippen molar-refractivity contribution in [1.82, 2.24) is 16.0 Å². The predicted octanol–water partition coefficient (Wildman–Crippen LogP) is 4.76. The van der Waals surface area contributed by atoms with Crippen LogP contribution in [0.5, 0.6) is 5.75 Å². The molecule has 0 aliphatic carbocycles. The molecular weight excluding hydrogens is 652 g/mol. The van der Waals surface area contributed by atoms with Crippen LogP contribution in [0.4, 0.5) is 13.6 Å². The van der Waals surface area contributed by atoms with Crippen LogP contribution in [0.2, 0.25) is 0 Å². The van der Waals surface area contributed by atoms with Crippen molar-refractivity contribution in [3.8, 4) is 5.75 Å². The summed E-state index contributed by atoms with van der Waals surface area (Å²) in [7, 11) is 1.04. The molecule has 3 rings (SSSR count). The van der Waals surface area contributed by atoms with Gasteiger partial charge in [-0.05, 0) is 40.7 Å². The van der Waals surface area contributed by atoms with Gasteiger partial charge in [-0.15, -0.1) is 0 Å². The summed E-state index contributed by atoms with van der Waals surface area (Å²) in [4.78, 5) is 64.5. The van der Waals surface area contributed by atoms with Crippen LogP contribution in [0.3, 0.4) is 0 Å². The first kappa shape index (κ1) is 39.1. The minimum Gasteiger partial charge on any atom is -0.489 e. The van der Waals surface area contributed by atoms with Gasteiger partial charge in [-0.3, -0.25) is 14.4 Å². The average molecular weight is 696 g/mol. The molecule has 11 nitrogen and oxygen atoms in total. The van der Waals surface area contributed by atoms with Crippen LogP contribution in [0.25, 0.3) is 0 Å². The van der Waals surface area contributed by atoms with Crippen molar-refractivity contribution in [2.45, 2.75) is 71.4 Å². The lowest BCUT2D eigenvalue weighted by Crippen LogP contribution is -2.60. The Morgan fingerprint density at radius 3 is 1.74 bits per heavy atom. The molecule has 3 amide bonds. The number of ether oxygens (including phenoxy) is 3. The second kappa shape index (κ2) is 18.4. The van der Waals surface area contributed by atoms with Crippen molar-refractivity contribution >= 4 is 29.7 Å². The van der Waals surface area contributed by atoms with E-state index in [-0.39, 0.29) is 13.2 Å². The predicted molar refractivity (Wildman–Crippen MR) is 180 cm³/mol. The normalized spacial score (nSPS) is 13.1. The van der Waals surface area contributed by atoms with Crippen LogP contribution in [0.1, 0.15) is 44.4 Å². The number of rotatable bonds is 17. The number of ketones is 1. The number of hydrogen-bond donors (Lipinski definition) is 3. The van der Waals surface area contributed by atoms with Gasteiger partial charge in [-0.1, -0.05) is 100 Å². The Morgan fingerprint density at radius 1 is 0.680 bits per heavy atom. The fraction of sp³-hybridized carbons (Fsp3) is 0.378. The number of alkyl halides is 2. The van der Waals surface area contributed by atoms with Gasteiger partial charge in [0.2, 0.25) is 11.7 Å². The molecule has 3 atom stereocenters. The Bertz CT molecular complexity index is 1590. The molecule has 0 heterocycles. The number of carbonyl (C=O) groups is 5. The van der Waals surface area contributed by atoms with E-state index in [2.05, 4.69) is 15.4 Å². The third-order valence-corrected chi connectivity index (χ3v) is 7.68. The highest BCUT2D eigenvalue weighted by Gasteiger charge is 2.52. The molecule has 1 unspecified atom stereocenters. The van der Waals surface area contributed by atoms with E-state index in [1.165, 1.54) is 26.0 Å². The fourth-order valence-electron chi connectivity index (χ4n) is 4.78. The topological polar surface area (TPSA) is 149 Å². The SMILES string of the molecule is COC(=O)[C@H](NC(=O)C(F)(F)C(=O)C(Cc1ccc(OCc2ccccc2)cc1)NC(=O)[C@@H](NC(=O)OCc1ccccc1)C(C)C)C(C)C. The highest BCUT2D eigenvalue weighted by Crippen LogP contribution is 2.22. The smallest absolute Gasteiger partial charge is 0.408 e. The average Bonchev–Trinajstić information content (AvgIpc) is 3.11. The van der Waals surface area contributed by atoms with E-state index in [0.717, 1.165) is 12.7 Å². The summed E-state index contributed by atoms with van der Waals surface area (Å²) in [5.41, 5.74) is 1.98. The van der Waals surface area contributed by atoms with Crippen molar-refractivity contribution < 1.29 is 47.0 Å². The summed E-state index contributed by atoms with van der Waals surface area (Å²) in [6.45, 7) is 6.40. The molecule has 0 aliphatic rings. The minimum atomic E-state index is -4.67. The summed E-state index contributed by atoms with van der Waals surface area (Å²) >= 11 is 0. The zero-order valence-corrected chi connectivity index (χ0v) is 28.6. The number of amides is 3. The number of methoxy groups -OCH3 is 1. The Hall–Kier alpha value is -5.33. The first-order chi connectivity index (χ1) is 23.7. The zero-order chi connectivity index (χ0) is 36.8. The number of esters is 1. The maximum absolute atomic E-state index is 15.6. The minimum absolute atomic E-state index is 0.0877. The number of benzene rings is 3. The second-order valence-corrected chi connectivity index (χ2v) is 12.3. The van der Waals surface area contributed by atoms with E-state index >= 15 is 8.78 Å². The maximum Gasteiger partial charge on any atom is 0.408 e. The molecule has 0 saturated carbocycles. The van der Waals surface area contributed by atoms with Crippen LogP contribution in [-0.2, 0) is 48.3 Å². The number of alkyl carbamates (subject to hydrolysis) is 1. The molecule has 3 aromatic rings. The van der Waals surface area contributed by atoms with Gasteiger partial charge in [0.25, 0.3) is 5.91 Å². The van der Waals surface area contributed by atoms with Crippen LogP contribution in [0, 0.1) is 11.8 Å². The van der Waals surface area contributed by atoms with Crippen molar-refractivity contribution in [3.05, 3.63) is 102 Å². The Balaban J connectivity index is 1.82. The van der Waals surface area contributed by atoms with E-state index in [1.54, 1.807) is 56.3 Å². The molecule has 0 aliphatic heterocycles. The zero-order valence-electron chi connectivity index (χ0n) is 28.6. The first-order valence-corrected chi connectivity index (χ1v) is 16.1. The number of carbonyl (C=O) groups excluding carboxylic acids is 5. The number of hydrogen-bond acceptors (Lipinski definition) is 8. The number of nitrogens with one attached hydrogen (secondary N) is 3. The van der Waals surface area contributed by atoms with Crippen molar-refractivity contribution in [2.75, 3.05) is 7.11 Å². The molecular formula is C37H43F2N3O8. The van der Waals surface area contributed by atoms with Gasteiger partial charge in [0.05, 0.1) is 13.2 Å². The van der Waals surface area contributed by atoms with E-state index in [0.29, 0.717) is 16.9 Å². The summed E-state index contributed by atoms with van der Waals surface area (Å²) in [5, 5.41) is 6.65. The summed E-state index contributed by atoms with van der Waals surface area (Å²) < 4.78 is 46.8. The van der Waals surface area contributed by atoms with Crippen molar-refractivity contribution in [2.24, 2.45) is 11.8 Å². The van der Waals surface area contributed by atoms with E-state index in [1.807, 2.05) is 35.6 Å². The van der Waals surface area contributed by atoms with Gasteiger partial charge in [-0.25, -0.2) is 9.59 Å². The number of halogens is 2. The lowest BCUT2D eigenvalue weighted by atomic mass is 9.96. The molecule has 0 radical (unpaired) electrons. The number of Topliss-reactive ketones (excluding diaryl/α,β-unsaturated/α-hetero) is 1. The lowest BCUT2D eigenvalue weighted by Gasteiger charge is -2.28.